The number of hydrogen-bond donors (Lipinski definition) is 2. The van der Waals surface area contributed by atoms with Gasteiger partial charge in [0.15, 0.2) is 0 Å². The van der Waals surface area contributed by atoms with Crippen molar-refractivity contribution in [3.63, 3.8) is 0 Å². The van der Waals surface area contributed by atoms with Gasteiger partial charge in [-0.3, -0.25) is 9.59 Å². The van der Waals surface area contributed by atoms with E-state index >= 15 is 0 Å². The van der Waals surface area contributed by atoms with Crippen molar-refractivity contribution in [1.29, 1.82) is 0 Å². The molecule has 0 aliphatic heterocycles. The summed E-state index contributed by atoms with van der Waals surface area (Å²) in [6.45, 7) is 1.67. The van der Waals surface area contributed by atoms with Crippen LogP contribution < -0.4 is 5.32 Å². The lowest BCUT2D eigenvalue weighted by Crippen LogP contribution is -2.47. The predicted octanol–water partition coefficient (Wildman–Crippen LogP) is 0.377. The first-order valence-electron chi connectivity index (χ1n) is 4.05. The number of carbonyl (C=O) groups excluding carboxylic acids is 1. The molecule has 0 aromatic carbocycles. The van der Waals surface area contributed by atoms with Gasteiger partial charge in [0.2, 0.25) is 5.91 Å². The normalized spacial score (nSPS) is 19.4. The molecule has 1 rings (SSSR count). The molecule has 0 atom stereocenters. The van der Waals surface area contributed by atoms with Crippen molar-refractivity contribution in [1.82, 2.24) is 5.32 Å². The summed E-state index contributed by atoms with van der Waals surface area (Å²) in [5.74, 6) is -0.954. The summed E-state index contributed by atoms with van der Waals surface area (Å²) in [5, 5.41) is 11.4. The molecule has 1 saturated carbocycles. The Kier molecular flexibility index (Phi) is 2.35. The second-order valence-electron chi connectivity index (χ2n) is 3.35. The fraction of sp³-hybridized carbons (Fsp3) is 0.750. The Hall–Kier alpha value is -1.06. The quantitative estimate of drug-likeness (QED) is 0.645. The molecule has 4 nitrogen and oxygen atoms in total. The molecule has 68 valence electrons. The highest BCUT2D eigenvalue weighted by atomic mass is 16.4. The average molecular weight is 171 g/mol. The zero-order valence-electron chi connectivity index (χ0n) is 7.09. The zero-order chi connectivity index (χ0) is 9.19. The van der Waals surface area contributed by atoms with Gasteiger partial charge in [-0.25, -0.2) is 0 Å². The molecular weight excluding hydrogens is 158 g/mol. The molecule has 4 heteroatoms. The molecule has 2 N–H and O–H groups in total. The van der Waals surface area contributed by atoms with Crippen LogP contribution in [0.2, 0.25) is 0 Å². The molecule has 0 unspecified atom stereocenters. The van der Waals surface area contributed by atoms with Gasteiger partial charge in [0.05, 0.1) is 5.41 Å². The molecule has 1 amide bonds. The number of carboxylic acids is 1. The lowest BCUT2D eigenvalue weighted by molar-refractivity contribution is -0.154. The van der Waals surface area contributed by atoms with E-state index < -0.39 is 11.4 Å². The van der Waals surface area contributed by atoms with Crippen molar-refractivity contribution in [2.24, 2.45) is 5.41 Å². The molecule has 12 heavy (non-hydrogen) atoms. The first kappa shape index (κ1) is 9.03. The number of carbonyl (C=O) groups is 2. The third-order valence-electron chi connectivity index (χ3n) is 2.44. The van der Waals surface area contributed by atoms with Crippen LogP contribution in [0.1, 0.15) is 26.2 Å². The van der Waals surface area contributed by atoms with Crippen LogP contribution in [0.15, 0.2) is 0 Å². The van der Waals surface area contributed by atoms with Crippen molar-refractivity contribution in [2.75, 3.05) is 6.54 Å². The van der Waals surface area contributed by atoms with E-state index in [2.05, 4.69) is 5.32 Å². The summed E-state index contributed by atoms with van der Waals surface area (Å²) >= 11 is 0. The van der Waals surface area contributed by atoms with E-state index in [1.54, 1.807) is 0 Å². The van der Waals surface area contributed by atoms with Crippen molar-refractivity contribution in [3.05, 3.63) is 0 Å². The van der Waals surface area contributed by atoms with Crippen LogP contribution in [0.5, 0.6) is 0 Å². The average Bonchev–Trinajstić information content (AvgIpc) is 1.83. The molecule has 1 fully saturated rings. The highest BCUT2D eigenvalue weighted by molar-refractivity contribution is 5.78. The SMILES string of the molecule is CC(=O)NCC1(C(=O)O)CCC1. The van der Waals surface area contributed by atoms with Crippen LogP contribution in [0.3, 0.4) is 0 Å². The Labute approximate surface area is 71.0 Å². The van der Waals surface area contributed by atoms with Gasteiger partial charge < -0.3 is 10.4 Å². The molecule has 0 saturated heterocycles. The Bertz CT molecular complexity index is 208. The van der Waals surface area contributed by atoms with Crippen molar-refractivity contribution < 1.29 is 14.7 Å². The fourth-order valence-electron chi connectivity index (χ4n) is 1.36. The molecule has 0 bridgehead atoms. The maximum atomic E-state index is 10.8. The van der Waals surface area contributed by atoms with Gasteiger partial charge in [-0.05, 0) is 12.8 Å². The molecule has 0 heterocycles. The summed E-state index contributed by atoms with van der Waals surface area (Å²) < 4.78 is 0. The predicted molar refractivity (Wildman–Crippen MR) is 42.6 cm³/mol. The number of nitrogens with one attached hydrogen (secondary N) is 1. The zero-order valence-corrected chi connectivity index (χ0v) is 7.09. The van der Waals surface area contributed by atoms with E-state index in [0.29, 0.717) is 12.8 Å². The molecule has 0 radical (unpaired) electrons. The number of aliphatic carboxylic acids is 1. The number of carboxylic acid groups (broad SMARTS) is 1. The smallest absolute Gasteiger partial charge is 0.311 e. The number of amides is 1. The lowest BCUT2D eigenvalue weighted by Gasteiger charge is -2.37. The molecule has 0 aromatic heterocycles. The van der Waals surface area contributed by atoms with Crippen molar-refractivity contribution >= 4 is 11.9 Å². The van der Waals surface area contributed by atoms with E-state index in [4.69, 9.17) is 5.11 Å². The van der Waals surface area contributed by atoms with Gasteiger partial charge in [0.1, 0.15) is 0 Å². The van der Waals surface area contributed by atoms with Gasteiger partial charge in [-0.1, -0.05) is 6.42 Å². The second-order valence-corrected chi connectivity index (χ2v) is 3.35. The van der Waals surface area contributed by atoms with E-state index in [1.165, 1.54) is 6.92 Å². The maximum Gasteiger partial charge on any atom is 0.311 e. The van der Waals surface area contributed by atoms with Crippen LogP contribution in [-0.2, 0) is 9.59 Å². The molecular formula is C8H13NO3. The van der Waals surface area contributed by atoms with E-state index in [1.807, 2.05) is 0 Å². The fourth-order valence-corrected chi connectivity index (χ4v) is 1.36. The third kappa shape index (κ3) is 1.57. The van der Waals surface area contributed by atoms with Crippen LogP contribution >= 0.6 is 0 Å². The van der Waals surface area contributed by atoms with Crippen LogP contribution in [0.25, 0.3) is 0 Å². The molecule has 0 spiro atoms. The minimum absolute atomic E-state index is 0.164. The van der Waals surface area contributed by atoms with Gasteiger partial charge >= 0.3 is 5.97 Å². The Morgan fingerprint density at radius 2 is 2.08 bits per heavy atom. The van der Waals surface area contributed by atoms with Crippen molar-refractivity contribution in [2.45, 2.75) is 26.2 Å². The van der Waals surface area contributed by atoms with Crippen LogP contribution in [0, 0.1) is 5.41 Å². The summed E-state index contributed by atoms with van der Waals surface area (Å²) in [4.78, 5) is 21.3. The van der Waals surface area contributed by atoms with E-state index in [-0.39, 0.29) is 12.5 Å². The highest BCUT2D eigenvalue weighted by Crippen LogP contribution is 2.40. The first-order valence-corrected chi connectivity index (χ1v) is 4.05. The molecule has 1 aliphatic rings. The number of hydrogen-bond acceptors (Lipinski definition) is 2. The summed E-state index contributed by atoms with van der Waals surface area (Å²) in [5.41, 5.74) is -0.661. The topological polar surface area (TPSA) is 66.4 Å². The first-order chi connectivity index (χ1) is 5.57. The highest BCUT2D eigenvalue weighted by Gasteiger charge is 2.44. The van der Waals surface area contributed by atoms with Crippen molar-refractivity contribution in [3.8, 4) is 0 Å². The summed E-state index contributed by atoms with van der Waals surface area (Å²) in [6, 6.07) is 0. The third-order valence-corrected chi connectivity index (χ3v) is 2.44. The Morgan fingerprint density at radius 1 is 1.50 bits per heavy atom. The lowest BCUT2D eigenvalue weighted by atomic mass is 9.69. The second kappa shape index (κ2) is 3.13. The Balaban J connectivity index is 2.45. The maximum absolute atomic E-state index is 10.8. The van der Waals surface area contributed by atoms with Gasteiger partial charge in [0, 0.05) is 13.5 Å². The van der Waals surface area contributed by atoms with Gasteiger partial charge in [-0.2, -0.15) is 0 Å². The largest absolute Gasteiger partial charge is 0.481 e. The van der Waals surface area contributed by atoms with E-state index in [9.17, 15) is 9.59 Å². The molecule has 0 aromatic rings. The monoisotopic (exact) mass is 171 g/mol. The minimum atomic E-state index is -0.789. The summed E-state index contributed by atoms with van der Waals surface area (Å²) in [7, 11) is 0. The van der Waals surface area contributed by atoms with Gasteiger partial charge in [0.25, 0.3) is 0 Å². The number of rotatable bonds is 3. The van der Waals surface area contributed by atoms with E-state index in [0.717, 1.165) is 6.42 Å². The standard InChI is InChI=1S/C8H13NO3/c1-6(10)9-5-8(7(11)12)3-2-4-8/h2-5H2,1H3,(H,9,10)(H,11,12). The molecule has 1 aliphatic carbocycles. The minimum Gasteiger partial charge on any atom is -0.481 e. The van der Waals surface area contributed by atoms with Gasteiger partial charge in [-0.15, -0.1) is 0 Å². The van der Waals surface area contributed by atoms with Crippen LogP contribution in [0.4, 0.5) is 0 Å². The summed E-state index contributed by atoms with van der Waals surface area (Å²) in [6.07, 6.45) is 2.32. The van der Waals surface area contributed by atoms with Crippen LogP contribution in [-0.4, -0.2) is 23.5 Å². The Morgan fingerprint density at radius 3 is 2.33 bits per heavy atom.